The van der Waals surface area contributed by atoms with Gasteiger partial charge < -0.3 is 5.32 Å². The minimum atomic E-state index is -0.695. The third kappa shape index (κ3) is 2.85. The van der Waals surface area contributed by atoms with Crippen LogP contribution in [-0.2, 0) is 0 Å². The van der Waals surface area contributed by atoms with Crippen molar-refractivity contribution in [2.75, 3.05) is 5.32 Å². The number of tetrazole rings is 1. The molecule has 5 rings (SSSR count). The van der Waals surface area contributed by atoms with Crippen LogP contribution in [0.25, 0.3) is 11.3 Å². The van der Waals surface area contributed by atoms with Gasteiger partial charge >= 0.3 is 0 Å². The SMILES string of the molecule is O=c1[nH]nc(-c2ccc(Br)cc2)c2c1Nc1nnnn1[C@H]2c1cccc([N+](=O)[O-])c1. The van der Waals surface area contributed by atoms with E-state index in [1.165, 1.54) is 16.8 Å². The van der Waals surface area contributed by atoms with Gasteiger partial charge in [-0.15, -0.1) is 0 Å². The molecule has 2 aromatic carbocycles. The minimum absolute atomic E-state index is 0.0785. The Hall–Kier alpha value is -3.93. The number of nitrogens with one attached hydrogen (secondary N) is 2. The van der Waals surface area contributed by atoms with E-state index >= 15 is 0 Å². The van der Waals surface area contributed by atoms with Crippen molar-refractivity contribution < 1.29 is 4.92 Å². The average molecular weight is 467 g/mol. The number of aromatic amines is 1. The molecule has 1 aliphatic heterocycles. The summed E-state index contributed by atoms with van der Waals surface area (Å²) in [6.45, 7) is 0. The largest absolute Gasteiger partial charge is 0.318 e. The first kappa shape index (κ1) is 18.1. The van der Waals surface area contributed by atoms with Crippen molar-refractivity contribution in [3.8, 4) is 11.3 Å². The van der Waals surface area contributed by atoms with E-state index in [4.69, 9.17) is 0 Å². The lowest BCUT2D eigenvalue weighted by Gasteiger charge is -2.27. The molecule has 11 nitrogen and oxygen atoms in total. The third-order valence-electron chi connectivity index (χ3n) is 4.78. The summed E-state index contributed by atoms with van der Waals surface area (Å²) in [5, 5.41) is 32.7. The van der Waals surface area contributed by atoms with Crippen LogP contribution in [0.5, 0.6) is 0 Å². The summed E-state index contributed by atoms with van der Waals surface area (Å²) in [7, 11) is 0. The highest BCUT2D eigenvalue weighted by Crippen LogP contribution is 2.41. The minimum Gasteiger partial charge on any atom is -0.318 e. The van der Waals surface area contributed by atoms with Crippen molar-refractivity contribution in [3.63, 3.8) is 0 Å². The number of non-ortho nitro benzene ring substituents is 1. The highest BCUT2D eigenvalue weighted by molar-refractivity contribution is 9.10. The van der Waals surface area contributed by atoms with Crippen LogP contribution in [0.2, 0.25) is 0 Å². The number of nitro groups is 1. The number of nitrogens with zero attached hydrogens (tertiary/aromatic N) is 6. The van der Waals surface area contributed by atoms with Gasteiger partial charge in [-0.1, -0.05) is 45.3 Å². The van der Waals surface area contributed by atoms with Crippen LogP contribution in [0.15, 0.2) is 57.8 Å². The third-order valence-corrected chi connectivity index (χ3v) is 5.31. The van der Waals surface area contributed by atoms with Gasteiger partial charge in [0, 0.05) is 27.7 Å². The number of halogens is 1. The lowest BCUT2D eigenvalue weighted by molar-refractivity contribution is -0.384. The van der Waals surface area contributed by atoms with Gasteiger partial charge in [-0.05, 0) is 28.1 Å². The predicted molar refractivity (Wildman–Crippen MR) is 109 cm³/mol. The van der Waals surface area contributed by atoms with Crippen LogP contribution >= 0.6 is 15.9 Å². The van der Waals surface area contributed by atoms with Crippen LogP contribution in [0.1, 0.15) is 17.2 Å². The molecule has 1 aliphatic rings. The molecular formula is C18H11BrN8O3. The zero-order chi connectivity index (χ0) is 20.8. The Morgan fingerprint density at radius 2 is 1.97 bits per heavy atom. The van der Waals surface area contributed by atoms with Crippen LogP contribution in [0.4, 0.5) is 17.3 Å². The van der Waals surface area contributed by atoms with E-state index in [9.17, 15) is 14.9 Å². The van der Waals surface area contributed by atoms with Crippen LogP contribution in [0.3, 0.4) is 0 Å². The molecule has 0 bridgehead atoms. The first-order valence-electron chi connectivity index (χ1n) is 8.70. The number of nitro benzene ring substituents is 1. The highest BCUT2D eigenvalue weighted by atomic mass is 79.9. The van der Waals surface area contributed by atoms with Crippen LogP contribution in [0, 0.1) is 10.1 Å². The van der Waals surface area contributed by atoms with Gasteiger partial charge in [-0.25, -0.2) is 5.10 Å². The highest BCUT2D eigenvalue weighted by Gasteiger charge is 2.34. The fourth-order valence-corrected chi connectivity index (χ4v) is 3.75. The summed E-state index contributed by atoms with van der Waals surface area (Å²) >= 11 is 3.41. The molecule has 2 aromatic heterocycles. The molecule has 2 N–H and O–H groups in total. The number of H-pyrrole nitrogens is 1. The van der Waals surface area contributed by atoms with Crippen molar-refractivity contribution >= 4 is 33.3 Å². The number of rotatable bonds is 3. The van der Waals surface area contributed by atoms with E-state index in [0.717, 1.165) is 10.0 Å². The van der Waals surface area contributed by atoms with Gasteiger partial charge in [0.2, 0.25) is 5.95 Å². The van der Waals surface area contributed by atoms with Crippen molar-refractivity contribution in [1.29, 1.82) is 0 Å². The number of aromatic nitrogens is 6. The van der Waals surface area contributed by atoms with Crippen LogP contribution < -0.4 is 10.9 Å². The molecule has 30 heavy (non-hydrogen) atoms. The monoisotopic (exact) mass is 466 g/mol. The summed E-state index contributed by atoms with van der Waals surface area (Å²) in [5.41, 5.74) is 2.02. The maximum atomic E-state index is 12.6. The fourth-order valence-electron chi connectivity index (χ4n) is 3.48. The van der Waals surface area contributed by atoms with Gasteiger partial charge in [0.05, 0.1) is 10.6 Å². The predicted octanol–water partition coefficient (Wildman–Crippen LogP) is 2.79. The second kappa shape index (κ2) is 6.84. The number of anilines is 2. The summed E-state index contributed by atoms with van der Waals surface area (Å²) in [5.74, 6) is 0.248. The smallest absolute Gasteiger partial charge is 0.288 e. The molecule has 0 amide bonds. The zero-order valence-electron chi connectivity index (χ0n) is 15.0. The molecular weight excluding hydrogens is 456 g/mol. The molecule has 0 aliphatic carbocycles. The number of hydrogen-bond donors (Lipinski definition) is 2. The molecule has 0 radical (unpaired) electrons. The summed E-state index contributed by atoms with van der Waals surface area (Å²) in [6, 6.07) is 12.9. The van der Waals surface area contributed by atoms with Crippen molar-refractivity contribution in [2.24, 2.45) is 0 Å². The van der Waals surface area contributed by atoms with Gasteiger partial charge in [0.15, 0.2) is 0 Å². The number of fused-ring (bicyclic) bond motifs is 2. The Balaban J connectivity index is 1.81. The maximum Gasteiger partial charge on any atom is 0.288 e. The molecule has 0 unspecified atom stereocenters. The van der Waals surface area contributed by atoms with E-state index in [1.807, 2.05) is 24.3 Å². The molecule has 0 fully saturated rings. The van der Waals surface area contributed by atoms with E-state index in [0.29, 0.717) is 16.8 Å². The van der Waals surface area contributed by atoms with E-state index in [1.54, 1.807) is 12.1 Å². The first-order chi connectivity index (χ1) is 14.5. The fraction of sp³-hybridized carbons (Fsp3) is 0.0556. The molecule has 0 saturated carbocycles. The molecule has 3 heterocycles. The van der Waals surface area contributed by atoms with Gasteiger partial charge in [0.1, 0.15) is 11.7 Å². The standard InChI is InChI=1S/C18H11BrN8O3/c19-11-6-4-9(5-7-11)14-13-15(17(28)22-21-14)20-18-23-24-25-26(18)16(13)10-2-1-3-12(8-10)27(29)30/h1-8,16H,(H,22,28)(H,20,23,25)/t16-/m0/s1. The quantitative estimate of drug-likeness (QED) is 0.305. The Kier molecular flexibility index (Phi) is 4.13. The maximum absolute atomic E-state index is 12.6. The Morgan fingerprint density at radius 1 is 1.17 bits per heavy atom. The number of hydrogen-bond acceptors (Lipinski definition) is 8. The molecule has 12 heteroatoms. The van der Waals surface area contributed by atoms with Crippen LogP contribution in [-0.4, -0.2) is 35.3 Å². The Labute approximate surface area is 176 Å². The average Bonchev–Trinajstić information content (AvgIpc) is 3.22. The molecule has 0 saturated heterocycles. The molecule has 4 aromatic rings. The van der Waals surface area contributed by atoms with Gasteiger partial charge in [0.25, 0.3) is 11.2 Å². The Morgan fingerprint density at radius 3 is 2.73 bits per heavy atom. The summed E-state index contributed by atoms with van der Waals surface area (Å²) in [6.07, 6.45) is 0. The molecule has 1 atom stereocenters. The number of benzene rings is 2. The Bertz CT molecular complexity index is 1350. The lowest BCUT2D eigenvalue weighted by Crippen LogP contribution is -2.29. The van der Waals surface area contributed by atoms with E-state index in [-0.39, 0.29) is 17.3 Å². The first-order valence-corrected chi connectivity index (χ1v) is 9.50. The van der Waals surface area contributed by atoms with Crippen molar-refractivity contribution in [3.05, 3.63) is 84.6 Å². The molecule has 0 spiro atoms. The second-order valence-corrected chi connectivity index (χ2v) is 7.44. The molecule has 148 valence electrons. The zero-order valence-corrected chi connectivity index (χ0v) is 16.6. The second-order valence-electron chi connectivity index (χ2n) is 6.52. The van der Waals surface area contributed by atoms with Gasteiger partial charge in [-0.2, -0.15) is 9.78 Å². The van der Waals surface area contributed by atoms with E-state index in [2.05, 4.69) is 47.0 Å². The van der Waals surface area contributed by atoms with Crippen molar-refractivity contribution in [2.45, 2.75) is 6.04 Å². The lowest BCUT2D eigenvalue weighted by atomic mass is 9.92. The van der Waals surface area contributed by atoms with Crippen molar-refractivity contribution in [1.82, 2.24) is 30.4 Å². The summed E-state index contributed by atoms with van der Waals surface area (Å²) in [4.78, 5) is 23.5. The van der Waals surface area contributed by atoms with E-state index < -0.39 is 16.5 Å². The van der Waals surface area contributed by atoms with Gasteiger partial charge in [-0.3, -0.25) is 14.9 Å². The summed E-state index contributed by atoms with van der Waals surface area (Å²) < 4.78 is 2.37. The topological polar surface area (TPSA) is 145 Å². The normalized spacial score (nSPS) is 14.5.